The van der Waals surface area contributed by atoms with Gasteiger partial charge < -0.3 is 4.74 Å². The monoisotopic (exact) mass is 338 g/mol. The Hall–Kier alpha value is -0.530. The molecule has 1 saturated carbocycles. The van der Waals surface area contributed by atoms with Gasteiger partial charge in [-0.3, -0.25) is 4.79 Å². The molecular formula is C22H42O2. The average Bonchev–Trinajstić information content (AvgIpc) is 2.60. The third-order valence-electron chi connectivity index (χ3n) is 5.48. The number of rotatable bonds is 14. The Kier molecular flexibility index (Phi) is 13.3. The summed E-state index contributed by atoms with van der Waals surface area (Å²) in [6, 6.07) is 0. The summed E-state index contributed by atoms with van der Waals surface area (Å²) in [7, 11) is 0. The van der Waals surface area contributed by atoms with Crippen LogP contribution in [0.3, 0.4) is 0 Å². The summed E-state index contributed by atoms with van der Waals surface area (Å²) in [6.07, 6.45) is 21.1. The van der Waals surface area contributed by atoms with Crippen LogP contribution in [-0.4, -0.2) is 12.1 Å². The molecule has 0 saturated heterocycles. The van der Waals surface area contributed by atoms with E-state index in [0.29, 0.717) is 0 Å². The summed E-state index contributed by atoms with van der Waals surface area (Å²) in [6.45, 7) is 4.50. The van der Waals surface area contributed by atoms with Crippen molar-refractivity contribution in [1.29, 1.82) is 0 Å². The predicted octanol–water partition coefficient (Wildman–Crippen LogP) is 7.20. The van der Waals surface area contributed by atoms with Gasteiger partial charge in [-0.05, 0) is 38.5 Å². The van der Waals surface area contributed by atoms with Crippen LogP contribution in [0.5, 0.6) is 0 Å². The van der Waals surface area contributed by atoms with Crippen molar-refractivity contribution in [3.63, 3.8) is 0 Å². The summed E-state index contributed by atoms with van der Waals surface area (Å²) >= 11 is 0. The maximum absolute atomic E-state index is 12.6. The van der Waals surface area contributed by atoms with E-state index in [1.165, 1.54) is 83.5 Å². The Labute approximate surface area is 151 Å². The quantitative estimate of drug-likeness (QED) is 0.247. The summed E-state index contributed by atoms with van der Waals surface area (Å²) in [5, 5.41) is 0. The Morgan fingerprint density at radius 3 is 1.88 bits per heavy atom. The highest BCUT2D eigenvalue weighted by molar-refractivity contribution is 5.72. The Balaban J connectivity index is 2.30. The van der Waals surface area contributed by atoms with Gasteiger partial charge in [0, 0.05) is 0 Å². The lowest BCUT2D eigenvalue weighted by molar-refractivity contribution is -0.156. The average molecular weight is 339 g/mol. The number of ether oxygens (including phenoxy) is 1. The van der Waals surface area contributed by atoms with Crippen LogP contribution in [0.25, 0.3) is 0 Å². The van der Waals surface area contributed by atoms with Gasteiger partial charge >= 0.3 is 5.97 Å². The molecule has 2 heteroatoms. The molecule has 0 N–H and O–H groups in total. The summed E-state index contributed by atoms with van der Waals surface area (Å²) < 4.78 is 5.87. The van der Waals surface area contributed by atoms with Crippen LogP contribution in [0, 0.1) is 5.92 Å². The van der Waals surface area contributed by atoms with Gasteiger partial charge in [-0.15, -0.1) is 0 Å². The van der Waals surface area contributed by atoms with Gasteiger partial charge in [0.25, 0.3) is 0 Å². The van der Waals surface area contributed by atoms with E-state index < -0.39 is 0 Å². The zero-order valence-corrected chi connectivity index (χ0v) is 16.5. The smallest absolute Gasteiger partial charge is 0.309 e. The summed E-state index contributed by atoms with van der Waals surface area (Å²) in [5.41, 5.74) is 0. The molecule has 0 aliphatic heterocycles. The number of carbonyl (C=O) groups excluding carboxylic acids is 1. The van der Waals surface area contributed by atoms with E-state index in [1.54, 1.807) is 0 Å². The fourth-order valence-electron chi connectivity index (χ4n) is 3.81. The number of hydrogen-bond acceptors (Lipinski definition) is 2. The highest BCUT2D eigenvalue weighted by Crippen LogP contribution is 2.25. The number of unbranched alkanes of at least 4 members (excludes halogenated alkanes) is 8. The maximum Gasteiger partial charge on any atom is 0.309 e. The first-order valence-corrected chi connectivity index (χ1v) is 11.0. The lowest BCUT2D eigenvalue weighted by Crippen LogP contribution is -2.26. The Morgan fingerprint density at radius 1 is 0.792 bits per heavy atom. The van der Waals surface area contributed by atoms with E-state index in [4.69, 9.17) is 4.74 Å². The minimum atomic E-state index is 0.118. The van der Waals surface area contributed by atoms with Crippen LogP contribution in [0.15, 0.2) is 0 Å². The molecule has 0 heterocycles. The number of esters is 1. The zero-order valence-electron chi connectivity index (χ0n) is 16.5. The van der Waals surface area contributed by atoms with E-state index in [0.717, 1.165) is 25.7 Å². The fourth-order valence-corrected chi connectivity index (χ4v) is 3.81. The van der Waals surface area contributed by atoms with Gasteiger partial charge in [0.15, 0.2) is 0 Å². The van der Waals surface area contributed by atoms with Crippen molar-refractivity contribution in [2.24, 2.45) is 5.92 Å². The van der Waals surface area contributed by atoms with Crippen LogP contribution in [0.1, 0.15) is 123 Å². The first-order chi connectivity index (χ1) is 11.8. The third-order valence-corrected chi connectivity index (χ3v) is 5.48. The largest absolute Gasteiger partial charge is 0.462 e. The van der Waals surface area contributed by atoms with Crippen molar-refractivity contribution in [3.8, 4) is 0 Å². The van der Waals surface area contributed by atoms with Crippen LogP contribution in [0.2, 0.25) is 0 Å². The lowest BCUT2D eigenvalue weighted by Gasteiger charge is -2.24. The molecule has 0 bridgehead atoms. The van der Waals surface area contributed by atoms with Crippen molar-refractivity contribution in [2.75, 3.05) is 0 Å². The van der Waals surface area contributed by atoms with Crippen LogP contribution in [0.4, 0.5) is 0 Å². The Morgan fingerprint density at radius 2 is 1.29 bits per heavy atom. The van der Waals surface area contributed by atoms with Crippen LogP contribution >= 0.6 is 0 Å². The second-order valence-electron chi connectivity index (χ2n) is 7.80. The van der Waals surface area contributed by atoms with Gasteiger partial charge in [-0.25, -0.2) is 0 Å². The molecule has 1 atom stereocenters. The second kappa shape index (κ2) is 14.8. The van der Waals surface area contributed by atoms with Gasteiger partial charge in [0.1, 0.15) is 6.10 Å². The number of carbonyl (C=O) groups is 1. The first-order valence-electron chi connectivity index (χ1n) is 11.0. The molecule has 1 rings (SSSR count). The zero-order chi connectivity index (χ0) is 17.5. The molecule has 0 aromatic heterocycles. The topological polar surface area (TPSA) is 26.3 Å². The van der Waals surface area contributed by atoms with Crippen molar-refractivity contribution in [2.45, 2.75) is 129 Å². The van der Waals surface area contributed by atoms with Crippen molar-refractivity contribution >= 4 is 5.97 Å². The molecule has 0 radical (unpaired) electrons. The molecule has 0 aromatic carbocycles. The molecular weight excluding hydrogens is 296 g/mol. The highest BCUT2D eigenvalue weighted by atomic mass is 16.5. The highest BCUT2D eigenvalue weighted by Gasteiger charge is 2.24. The van der Waals surface area contributed by atoms with E-state index in [9.17, 15) is 4.79 Å². The van der Waals surface area contributed by atoms with E-state index in [1.807, 2.05) is 0 Å². The molecule has 0 aromatic rings. The molecule has 1 aliphatic carbocycles. The molecule has 24 heavy (non-hydrogen) atoms. The molecule has 142 valence electrons. The van der Waals surface area contributed by atoms with E-state index >= 15 is 0 Å². The van der Waals surface area contributed by atoms with Crippen molar-refractivity contribution < 1.29 is 9.53 Å². The summed E-state index contributed by atoms with van der Waals surface area (Å²) in [5.74, 6) is 0.280. The van der Waals surface area contributed by atoms with E-state index in [-0.39, 0.29) is 18.0 Å². The third kappa shape index (κ3) is 10.4. The molecule has 2 nitrogen and oxygen atoms in total. The van der Waals surface area contributed by atoms with Gasteiger partial charge in [0.2, 0.25) is 0 Å². The predicted molar refractivity (Wildman–Crippen MR) is 103 cm³/mol. The standard InChI is InChI=1S/C22H42O2/c1-3-5-7-9-10-13-17-20(16-12-8-6-4-2)22(23)24-21-18-14-11-15-19-21/h20-21H,3-19H2,1-2H3. The van der Waals surface area contributed by atoms with Crippen molar-refractivity contribution in [3.05, 3.63) is 0 Å². The minimum Gasteiger partial charge on any atom is -0.462 e. The molecule has 1 aliphatic rings. The van der Waals surface area contributed by atoms with Gasteiger partial charge in [-0.2, -0.15) is 0 Å². The first kappa shape index (κ1) is 21.5. The fraction of sp³-hybridized carbons (Fsp3) is 0.955. The molecule has 0 spiro atoms. The molecule has 1 fully saturated rings. The molecule has 1 unspecified atom stereocenters. The van der Waals surface area contributed by atoms with E-state index in [2.05, 4.69) is 13.8 Å². The van der Waals surface area contributed by atoms with Crippen LogP contribution in [-0.2, 0) is 9.53 Å². The van der Waals surface area contributed by atoms with Crippen molar-refractivity contribution in [1.82, 2.24) is 0 Å². The number of hydrogen-bond donors (Lipinski definition) is 0. The maximum atomic E-state index is 12.6. The van der Waals surface area contributed by atoms with Crippen LogP contribution < -0.4 is 0 Å². The molecule has 0 amide bonds. The second-order valence-corrected chi connectivity index (χ2v) is 7.80. The lowest BCUT2D eigenvalue weighted by atomic mass is 9.93. The van der Waals surface area contributed by atoms with Gasteiger partial charge in [-0.1, -0.05) is 84.5 Å². The SMILES string of the molecule is CCCCCCCCC(CCCCCC)C(=O)OC1CCCCC1. The minimum absolute atomic E-state index is 0.118. The normalized spacial score (nSPS) is 16.9. The van der Waals surface area contributed by atoms with Gasteiger partial charge in [0.05, 0.1) is 5.92 Å². The summed E-state index contributed by atoms with van der Waals surface area (Å²) in [4.78, 5) is 12.6. The Bertz CT molecular complexity index is 294.